The number of benzene rings is 2. The molecule has 0 saturated carbocycles. The molecule has 0 amide bonds. The van der Waals surface area contributed by atoms with Gasteiger partial charge >= 0.3 is 6.61 Å². The van der Waals surface area contributed by atoms with Gasteiger partial charge in [0.15, 0.2) is 4.77 Å². The lowest BCUT2D eigenvalue weighted by atomic mass is 10.2. The summed E-state index contributed by atoms with van der Waals surface area (Å²) in [6.45, 7) is -2.87. The zero-order chi connectivity index (χ0) is 15.0. The van der Waals surface area contributed by atoms with Crippen molar-refractivity contribution in [1.29, 1.82) is 0 Å². The molecule has 1 heterocycles. The van der Waals surface area contributed by atoms with Gasteiger partial charge in [-0.2, -0.15) is 8.78 Å². The fourth-order valence-corrected chi connectivity index (χ4v) is 2.43. The summed E-state index contributed by atoms with van der Waals surface area (Å²) in [4.78, 5) is 2.79. The summed E-state index contributed by atoms with van der Waals surface area (Å²) in [6.07, 6.45) is 0. The first kappa shape index (κ1) is 13.7. The number of hydrogen-bond acceptors (Lipinski definition) is 2. The third-order valence-corrected chi connectivity index (χ3v) is 3.27. The number of aromatic amines is 1. The average molecular weight is 310 g/mol. The Balaban J connectivity index is 2.10. The number of H-pyrrole nitrogens is 1. The van der Waals surface area contributed by atoms with Crippen LogP contribution in [0.3, 0.4) is 0 Å². The SMILES string of the molecule is Fc1cccc2c1[nH]c(=S)n2-c1ccc(OC(F)F)cc1. The van der Waals surface area contributed by atoms with Crippen LogP contribution in [-0.2, 0) is 0 Å². The second-order valence-electron chi connectivity index (χ2n) is 4.27. The van der Waals surface area contributed by atoms with Gasteiger partial charge < -0.3 is 9.72 Å². The van der Waals surface area contributed by atoms with E-state index in [2.05, 4.69) is 9.72 Å². The maximum atomic E-state index is 13.7. The highest BCUT2D eigenvalue weighted by atomic mass is 32.1. The van der Waals surface area contributed by atoms with Crippen LogP contribution in [0.2, 0.25) is 0 Å². The van der Waals surface area contributed by atoms with Crippen molar-refractivity contribution in [2.45, 2.75) is 6.61 Å². The number of para-hydroxylation sites is 1. The molecule has 3 nitrogen and oxygen atoms in total. The summed E-state index contributed by atoms with van der Waals surface area (Å²) in [5.41, 5.74) is 1.50. The summed E-state index contributed by atoms with van der Waals surface area (Å²) in [5, 5.41) is 0. The van der Waals surface area contributed by atoms with Crippen molar-refractivity contribution >= 4 is 23.3 Å². The molecule has 21 heavy (non-hydrogen) atoms. The largest absolute Gasteiger partial charge is 0.435 e. The molecule has 7 heteroatoms. The van der Waals surface area contributed by atoms with Gasteiger partial charge in [-0.05, 0) is 48.6 Å². The highest BCUT2D eigenvalue weighted by molar-refractivity contribution is 7.71. The summed E-state index contributed by atoms with van der Waals surface area (Å²) >= 11 is 5.19. The van der Waals surface area contributed by atoms with E-state index in [1.54, 1.807) is 28.8 Å². The molecule has 0 fully saturated rings. The van der Waals surface area contributed by atoms with Crippen LogP contribution in [-0.4, -0.2) is 16.2 Å². The summed E-state index contributed by atoms with van der Waals surface area (Å²) in [7, 11) is 0. The molecule has 0 aliphatic carbocycles. The summed E-state index contributed by atoms with van der Waals surface area (Å²) in [6, 6.07) is 10.6. The van der Waals surface area contributed by atoms with Gasteiger partial charge in [-0.3, -0.25) is 4.57 Å². The summed E-state index contributed by atoms with van der Waals surface area (Å²) < 4.78 is 44.2. The van der Waals surface area contributed by atoms with Gasteiger partial charge in [-0.25, -0.2) is 4.39 Å². The van der Waals surface area contributed by atoms with Crippen LogP contribution in [0.4, 0.5) is 13.2 Å². The lowest BCUT2D eigenvalue weighted by molar-refractivity contribution is -0.0498. The monoisotopic (exact) mass is 310 g/mol. The molecule has 0 aliphatic heterocycles. The van der Waals surface area contributed by atoms with E-state index in [0.717, 1.165) is 0 Å². The van der Waals surface area contributed by atoms with E-state index in [1.165, 1.54) is 18.2 Å². The first-order chi connectivity index (χ1) is 10.1. The van der Waals surface area contributed by atoms with Crippen LogP contribution >= 0.6 is 12.2 Å². The highest BCUT2D eigenvalue weighted by Crippen LogP contribution is 2.23. The molecule has 0 spiro atoms. The minimum atomic E-state index is -2.87. The standard InChI is InChI=1S/C14H9F3N2OS/c15-10-2-1-3-11-12(10)18-14(21)19(11)8-4-6-9(7-5-8)20-13(16)17/h1-7,13H,(H,18,21). The van der Waals surface area contributed by atoms with Crippen LogP contribution < -0.4 is 4.74 Å². The first-order valence-corrected chi connectivity index (χ1v) is 6.41. The third kappa shape index (κ3) is 2.52. The lowest BCUT2D eigenvalue weighted by Gasteiger charge is -2.07. The van der Waals surface area contributed by atoms with Crippen molar-refractivity contribution < 1.29 is 17.9 Å². The maximum Gasteiger partial charge on any atom is 0.387 e. The maximum absolute atomic E-state index is 13.7. The predicted octanol–water partition coefficient (Wildman–Crippen LogP) is 4.43. The van der Waals surface area contributed by atoms with Crippen molar-refractivity contribution in [1.82, 2.24) is 9.55 Å². The smallest absolute Gasteiger partial charge is 0.387 e. The minimum Gasteiger partial charge on any atom is -0.435 e. The van der Waals surface area contributed by atoms with E-state index in [0.29, 0.717) is 21.5 Å². The van der Waals surface area contributed by atoms with Crippen molar-refractivity contribution in [3.8, 4) is 11.4 Å². The van der Waals surface area contributed by atoms with Gasteiger partial charge in [0.2, 0.25) is 0 Å². The Labute approximate surface area is 122 Å². The van der Waals surface area contributed by atoms with Crippen LogP contribution in [0.1, 0.15) is 0 Å². The molecule has 0 atom stereocenters. The minimum absolute atomic E-state index is 0.0475. The van der Waals surface area contributed by atoms with Crippen LogP contribution in [0.5, 0.6) is 5.75 Å². The third-order valence-electron chi connectivity index (χ3n) is 2.99. The Morgan fingerprint density at radius 1 is 1.10 bits per heavy atom. The first-order valence-electron chi connectivity index (χ1n) is 6.01. The zero-order valence-electron chi connectivity index (χ0n) is 10.5. The number of aromatic nitrogens is 2. The molecule has 1 aromatic heterocycles. The molecule has 108 valence electrons. The van der Waals surface area contributed by atoms with E-state index >= 15 is 0 Å². The number of ether oxygens (including phenoxy) is 1. The number of nitrogens with one attached hydrogen (secondary N) is 1. The Kier molecular flexibility index (Phi) is 3.42. The molecular weight excluding hydrogens is 301 g/mol. The van der Waals surface area contributed by atoms with E-state index in [9.17, 15) is 13.2 Å². The Bertz CT molecular complexity index is 840. The van der Waals surface area contributed by atoms with E-state index in [-0.39, 0.29) is 5.75 Å². The molecule has 0 bridgehead atoms. The number of fused-ring (bicyclic) bond motifs is 1. The molecule has 0 aliphatic rings. The van der Waals surface area contributed by atoms with Crippen LogP contribution in [0, 0.1) is 10.6 Å². The molecular formula is C14H9F3N2OS. The molecule has 2 aromatic carbocycles. The second-order valence-corrected chi connectivity index (χ2v) is 4.66. The number of rotatable bonds is 3. The highest BCUT2D eigenvalue weighted by Gasteiger charge is 2.10. The van der Waals surface area contributed by atoms with Crippen LogP contribution in [0.15, 0.2) is 42.5 Å². The number of nitrogens with zero attached hydrogens (tertiary/aromatic N) is 1. The fourth-order valence-electron chi connectivity index (χ4n) is 2.13. The fraction of sp³-hybridized carbons (Fsp3) is 0.0714. The second kappa shape index (κ2) is 5.25. The number of imidazole rings is 1. The Morgan fingerprint density at radius 3 is 2.48 bits per heavy atom. The number of alkyl halides is 2. The quantitative estimate of drug-likeness (QED) is 0.725. The molecule has 1 N–H and O–H groups in total. The molecule has 3 aromatic rings. The van der Waals surface area contributed by atoms with Gasteiger partial charge in [0.05, 0.1) is 5.52 Å². The van der Waals surface area contributed by atoms with Crippen molar-refractivity contribution in [3.05, 3.63) is 53.1 Å². The molecule has 0 radical (unpaired) electrons. The normalized spacial score (nSPS) is 11.2. The van der Waals surface area contributed by atoms with E-state index in [1.807, 2.05) is 0 Å². The molecule has 0 unspecified atom stereocenters. The van der Waals surface area contributed by atoms with Crippen LogP contribution in [0.25, 0.3) is 16.7 Å². The van der Waals surface area contributed by atoms with Crippen molar-refractivity contribution in [2.75, 3.05) is 0 Å². The lowest BCUT2D eigenvalue weighted by Crippen LogP contribution is -2.02. The van der Waals surface area contributed by atoms with Gasteiger partial charge in [0.25, 0.3) is 0 Å². The average Bonchev–Trinajstić information content (AvgIpc) is 2.77. The number of halogens is 3. The van der Waals surface area contributed by atoms with Gasteiger partial charge in [-0.1, -0.05) is 6.07 Å². The van der Waals surface area contributed by atoms with Gasteiger partial charge in [0, 0.05) is 5.69 Å². The predicted molar refractivity (Wildman–Crippen MR) is 75.0 cm³/mol. The Morgan fingerprint density at radius 2 is 1.81 bits per heavy atom. The zero-order valence-corrected chi connectivity index (χ0v) is 11.3. The topological polar surface area (TPSA) is 29.9 Å². The van der Waals surface area contributed by atoms with Crippen molar-refractivity contribution in [3.63, 3.8) is 0 Å². The van der Waals surface area contributed by atoms with Gasteiger partial charge in [-0.15, -0.1) is 0 Å². The molecule has 0 saturated heterocycles. The van der Waals surface area contributed by atoms with E-state index < -0.39 is 12.4 Å². The van der Waals surface area contributed by atoms with E-state index in [4.69, 9.17) is 12.2 Å². The molecule has 3 rings (SSSR count). The van der Waals surface area contributed by atoms with Gasteiger partial charge in [0.1, 0.15) is 17.1 Å². The van der Waals surface area contributed by atoms with Crippen molar-refractivity contribution in [2.24, 2.45) is 0 Å². The number of hydrogen-bond donors (Lipinski definition) is 1. The summed E-state index contributed by atoms with van der Waals surface area (Å²) in [5.74, 6) is -0.360. The Hall–Kier alpha value is -2.28.